The Bertz CT molecular complexity index is 787. The monoisotopic (exact) mass is 348 g/mol. The van der Waals surface area contributed by atoms with Crippen LogP contribution < -0.4 is 9.47 Å². The molecule has 0 aliphatic carbocycles. The molecule has 0 aliphatic heterocycles. The molecule has 0 aromatic heterocycles. The molecule has 0 unspecified atom stereocenters. The van der Waals surface area contributed by atoms with E-state index in [2.05, 4.69) is 6.07 Å². The summed E-state index contributed by atoms with van der Waals surface area (Å²) >= 11 is 0. The Hall–Kier alpha value is -2.01. The van der Waals surface area contributed by atoms with Crippen LogP contribution in [0.1, 0.15) is 17.5 Å². The maximum atomic E-state index is 11.1. The van der Waals surface area contributed by atoms with E-state index < -0.39 is 9.84 Å². The smallest absolute Gasteiger partial charge is 0.147 e. The number of sulfone groups is 1. The van der Waals surface area contributed by atoms with Crippen LogP contribution in [0.25, 0.3) is 11.1 Å². The van der Waals surface area contributed by atoms with Crippen molar-refractivity contribution in [2.45, 2.75) is 20.3 Å². The highest BCUT2D eigenvalue weighted by Crippen LogP contribution is 2.32. The Kier molecular flexibility index (Phi) is 5.89. The van der Waals surface area contributed by atoms with E-state index in [-0.39, 0.29) is 5.75 Å². The van der Waals surface area contributed by atoms with E-state index in [1.807, 2.05) is 44.2 Å². The van der Waals surface area contributed by atoms with Crippen LogP contribution in [0.3, 0.4) is 0 Å². The minimum atomic E-state index is -2.94. The van der Waals surface area contributed by atoms with Crippen LogP contribution in [-0.4, -0.2) is 34.1 Å². The Morgan fingerprint density at radius 2 is 1.67 bits per heavy atom. The molecule has 4 nitrogen and oxygen atoms in total. The zero-order chi connectivity index (χ0) is 17.7. The Morgan fingerprint density at radius 1 is 1.00 bits per heavy atom. The van der Waals surface area contributed by atoms with Gasteiger partial charge < -0.3 is 9.47 Å². The van der Waals surface area contributed by atoms with Gasteiger partial charge in [0.2, 0.25) is 0 Å². The van der Waals surface area contributed by atoms with Crippen LogP contribution in [-0.2, 0) is 9.84 Å². The van der Waals surface area contributed by atoms with Gasteiger partial charge in [0, 0.05) is 6.26 Å². The largest absolute Gasteiger partial charge is 0.497 e. The van der Waals surface area contributed by atoms with E-state index in [1.54, 1.807) is 7.11 Å². The summed E-state index contributed by atoms with van der Waals surface area (Å²) in [6.45, 7) is 4.49. The maximum absolute atomic E-state index is 11.1. The summed E-state index contributed by atoms with van der Waals surface area (Å²) in [6.07, 6.45) is 1.73. The van der Waals surface area contributed by atoms with Crippen LogP contribution in [0.5, 0.6) is 11.5 Å². The first-order chi connectivity index (χ1) is 11.3. The zero-order valence-electron chi connectivity index (χ0n) is 14.6. The molecule has 0 atom stereocenters. The summed E-state index contributed by atoms with van der Waals surface area (Å²) in [5.74, 6) is 1.74. The third-order valence-corrected chi connectivity index (χ3v) is 4.82. The molecule has 0 saturated heterocycles. The summed E-state index contributed by atoms with van der Waals surface area (Å²) in [4.78, 5) is 0. The highest BCUT2D eigenvalue weighted by Gasteiger charge is 2.10. The van der Waals surface area contributed by atoms with E-state index in [0.29, 0.717) is 13.0 Å². The van der Waals surface area contributed by atoms with Gasteiger partial charge in [-0.3, -0.25) is 0 Å². The van der Waals surface area contributed by atoms with Gasteiger partial charge in [0.1, 0.15) is 21.3 Å². The number of ether oxygens (including phenoxy) is 2. The standard InChI is InChI=1S/C19H24O4S/c1-14-11-18(23-9-6-10-24(4,20)21)12-15(2)19(14)16-7-5-8-17(13-16)22-3/h5,7-8,11-13H,6,9-10H2,1-4H3. The Labute approximate surface area is 144 Å². The predicted octanol–water partition coefficient (Wildman–Crippen LogP) is 3.79. The third-order valence-electron chi connectivity index (χ3n) is 3.79. The lowest BCUT2D eigenvalue weighted by Crippen LogP contribution is -2.08. The van der Waals surface area contributed by atoms with Crippen molar-refractivity contribution in [3.63, 3.8) is 0 Å². The third kappa shape index (κ3) is 4.99. The molecule has 2 rings (SSSR count). The van der Waals surface area contributed by atoms with Gasteiger partial charge in [0.15, 0.2) is 0 Å². The van der Waals surface area contributed by atoms with Crippen molar-refractivity contribution in [2.24, 2.45) is 0 Å². The molecular weight excluding hydrogens is 324 g/mol. The molecule has 130 valence electrons. The molecule has 0 aliphatic rings. The fourth-order valence-corrected chi connectivity index (χ4v) is 3.39. The van der Waals surface area contributed by atoms with Crippen molar-refractivity contribution < 1.29 is 17.9 Å². The molecule has 0 N–H and O–H groups in total. The molecule has 5 heteroatoms. The van der Waals surface area contributed by atoms with Gasteiger partial charge >= 0.3 is 0 Å². The SMILES string of the molecule is COc1cccc(-c2c(C)cc(OCCCS(C)(=O)=O)cc2C)c1. The van der Waals surface area contributed by atoms with E-state index in [9.17, 15) is 8.42 Å². The van der Waals surface area contributed by atoms with E-state index in [0.717, 1.165) is 33.8 Å². The van der Waals surface area contributed by atoms with Gasteiger partial charge in [-0.05, 0) is 66.8 Å². The molecule has 0 spiro atoms. The van der Waals surface area contributed by atoms with Gasteiger partial charge in [-0.15, -0.1) is 0 Å². The van der Waals surface area contributed by atoms with Crippen molar-refractivity contribution >= 4 is 9.84 Å². The summed E-state index contributed by atoms with van der Waals surface area (Å²) in [5.41, 5.74) is 4.49. The molecule has 24 heavy (non-hydrogen) atoms. The average molecular weight is 348 g/mol. The van der Waals surface area contributed by atoms with Gasteiger partial charge in [-0.2, -0.15) is 0 Å². The van der Waals surface area contributed by atoms with Crippen molar-refractivity contribution in [1.29, 1.82) is 0 Å². The lowest BCUT2D eigenvalue weighted by atomic mass is 9.95. The highest BCUT2D eigenvalue weighted by molar-refractivity contribution is 7.90. The fraction of sp³-hybridized carbons (Fsp3) is 0.368. The van der Waals surface area contributed by atoms with Crippen LogP contribution in [0.4, 0.5) is 0 Å². The Balaban J connectivity index is 2.16. The molecular formula is C19H24O4S. The molecule has 0 amide bonds. The highest BCUT2D eigenvalue weighted by atomic mass is 32.2. The number of aryl methyl sites for hydroxylation is 2. The van der Waals surface area contributed by atoms with Gasteiger partial charge in [-0.1, -0.05) is 12.1 Å². The lowest BCUT2D eigenvalue weighted by Gasteiger charge is -2.14. The minimum absolute atomic E-state index is 0.146. The van der Waals surface area contributed by atoms with Gasteiger partial charge in [0.25, 0.3) is 0 Å². The maximum Gasteiger partial charge on any atom is 0.147 e. The summed E-state index contributed by atoms with van der Waals surface area (Å²) < 4.78 is 33.3. The second kappa shape index (κ2) is 7.71. The van der Waals surface area contributed by atoms with Gasteiger partial charge in [-0.25, -0.2) is 8.42 Å². The fourth-order valence-electron chi connectivity index (χ4n) is 2.75. The molecule has 0 fully saturated rings. The second-order valence-electron chi connectivity index (χ2n) is 6.00. The average Bonchev–Trinajstić information content (AvgIpc) is 2.50. The van der Waals surface area contributed by atoms with Crippen LogP contribution in [0.15, 0.2) is 36.4 Å². The predicted molar refractivity (Wildman–Crippen MR) is 97.7 cm³/mol. The summed E-state index contributed by atoms with van der Waals surface area (Å²) in [6, 6.07) is 12.0. The first-order valence-electron chi connectivity index (χ1n) is 7.86. The van der Waals surface area contributed by atoms with Crippen molar-refractivity contribution in [2.75, 3.05) is 25.7 Å². The van der Waals surface area contributed by atoms with Crippen LogP contribution in [0.2, 0.25) is 0 Å². The van der Waals surface area contributed by atoms with Crippen molar-refractivity contribution in [1.82, 2.24) is 0 Å². The molecule has 0 radical (unpaired) electrons. The number of rotatable bonds is 7. The van der Waals surface area contributed by atoms with Gasteiger partial charge in [0.05, 0.1) is 19.5 Å². The molecule has 0 heterocycles. The topological polar surface area (TPSA) is 52.6 Å². The first-order valence-corrected chi connectivity index (χ1v) is 9.92. The normalized spacial score (nSPS) is 11.3. The van der Waals surface area contributed by atoms with Crippen LogP contribution >= 0.6 is 0 Å². The van der Waals surface area contributed by atoms with E-state index >= 15 is 0 Å². The molecule has 2 aromatic rings. The number of methoxy groups -OCH3 is 1. The molecule has 0 bridgehead atoms. The number of benzene rings is 2. The first kappa shape index (κ1) is 18.3. The lowest BCUT2D eigenvalue weighted by molar-refractivity contribution is 0.317. The van der Waals surface area contributed by atoms with Crippen LogP contribution in [0, 0.1) is 13.8 Å². The number of hydrogen-bond acceptors (Lipinski definition) is 4. The van der Waals surface area contributed by atoms with Crippen molar-refractivity contribution in [3.8, 4) is 22.6 Å². The van der Waals surface area contributed by atoms with E-state index in [1.165, 1.54) is 6.26 Å². The second-order valence-corrected chi connectivity index (χ2v) is 8.26. The quantitative estimate of drug-likeness (QED) is 0.714. The molecule has 2 aromatic carbocycles. The summed E-state index contributed by atoms with van der Waals surface area (Å²) in [5, 5.41) is 0. The zero-order valence-corrected chi connectivity index (χ0v) is 15.4. The Morgan fingerprint density at radius 3 is 2.25 bits per heavy atom. The van der Waals surface area contributed by atoms with Crippen molar-refractivity contribution in [3.05, 3.63) is 47.5 Å². The summed E-state index contributed by atoms with van der Waals surface area (Å²) in [7, 11) is -1.28. The minimum Gasteiger partial charge on any atom is -0.497 e. The van der Waals surface area contributed by atoms with E-state index in [4.69, 9.17) is 9.47 Å². The number of hydrogen-bond donors (Lipinski definition) is 0. The molecule has 0 saturated carbocycles.